The van der Waals surface area contributed by atoms with Crippen LogP contribution in [0.3, 0.4) is 0 Å². The number of hydrogen-bond donors (Lipinski definition) is 1. The molecule has 5 nitrogen and oxygen atoms in total. The van der Waals surface area contributed by atoms with Crippen molar-refractivity contribution in [3.8, 4) is 29.4 Å². The molecule has 0 radical (unpaired) electrons. The lowest BCUT2D eigenvalue weighted by Gasteiger charge is -2.12. The number of aromatic nitrogens is 3. The van der Waals surface area contributed by atoms with E-state index in [1.54, 1.807) is 24.3 Å². The molecule has 8 heteroatoms. The van der Waals surface area contributed by atoms with Crippen molar-refractivity contribution in [3.05, 3.63) is 42.2 Å². The number of pyridine rings is 1. The molecule has 3 aromatic rings. The molecule has 0 saturated heterocycles. The Bertz CT molecular complexity index is 996. The second-order valence-electron chi connectivity index (χ2n) is 5.40. The molecule has 3 rings (SSSR count). The van der Waals surface area contributed by atoms with Crippen LogP contribution >= 0.6 is 0 Å². The van der Waals surface area contributed by atoms with Crippen LogP contribution in [0.1, 0.15) is 12.0 Å². The van der Waals surface area contributed by atoms with Gasteiger partial charge >= 0.3 is 6.18 Å². The highest BCUT2D eigenvalue weighted by Crippen LogP contribution is 2.31. The number of nitrogens with zero attached hydrogens (tertiary/aromatic N) is 3. The first-order chi connectivity index (χ1) is 12.4. The van der Waals surface area contributed by atoms with Crippen LogP contribution < -0.4 is 10.5 Å². The van der Waals surface area contributed by atoms with Crippen molar-refractivity contribution >= 4 is 16.9 Å². The van der Waals surface area contributed by atoms with Gasteiger partial charge in [0.15, 0.2) is 5.82 Å². The predicted molar refractivity (Wildman–Crippen MR) is 91.3 cm³/mol. The summed E-state index contributed by atoms with van der Waals surface area (Å²) >= 11 is 0. The van der Waals surface area contributed by atoms with Crippen molar-refractivity contribution in [1.82, 2.24) is 15.0 Å². The molecule has 0 amide bonds. The summed E-state index contributed by atoms with van der Waals surface area (Å²) in [6, 6.07) is 8.52. The van der Waals surface area contributed by atoms with E-state index in [1.165, 1.54) is 12.4 Å². The number of nitrogen functional groups attached to an aromatic ring is 1. The van der Waals surface area contributed by atoms with Crippen molar-refractivity contribution < 1.29 is 17.9 Å². The van der Waals surface area contributed by atoms with Crippen LogP contribution in [-0.2, 0) is 0 Å². The van der Waals surface area contributed by atoms with E-state index in [0.717, 1.165) is 0 Å². The third-order valence-corrected chi connectivity index (χ3v) is 3.55. The second-order valence-corrected chi connectivity index (χ2v) is 5.40. The highest BCUT2D eigenvalue weighted by molar-refractivity contribution is 5.90. The lowest BCUT2D eigenvalue weighted by Crippen LogP contribution is -2.13. The van der Waals surface area contributed by atoms with Gasteiger partial charge in [-0.3, -0.25) is 0 Å². The standard InChI is InChI=1S/C18H13F3N4O/c1-2-11-4-3-5-12(8-11)13-9-14(26-7-6-18(19,20)21)15-16(25-13)17(22)24-10-23-15/h1,3-5,8-10H,6-7H2,(H2,22,23,24). The minimum atomic E-state index is -4.32. The maximum absolute atomic E-state index is 12.4. The van der Waals surface area contributed by atoms with Crippen LogP contribution in [0.25, 0.3) is 22.3 Å². The van der Waals surface area contributed by atoms with Crippen LogP contribution in [0.5, 0.6) is 5.75 Å². The molecule has 0 unspecified atom stereocenters. The third kappa shape index (κ3) is 3.83. The van der Waals surface area contributed by atoms with Gasteiger partial charge in [-0.1, -0.05) is 18.1 Å². The van der Waals surface area contributed by atoms with Crippen molar-refractivity contribution in [1.29, 1.82) is 0 Å². The Labute approximate surface area is 147 Å². The number of rotatable bonds is 4. The minimum Gasteiger partial charge on any atom is -0.491 e. The highest BCUT2D eigenvalue weighted by atomic mass is 19.4. The van der Waals surface area contributed by atoms with Gasteiger partial charge in [0.05, 0.1) is 18.7 Å². The SMILES string of the molecule is C#Cc1cccc(-c2cc(OCCC(F)(F)F)c3ncnc(N)c3n2)c1. The van der Waals surface area contributed by atoms with Crippen molar-refractivity contribution in [2.24, 2.45) is 0 Å². The van der Waals surface area contributed by atoms with Gasteiger partial charge in [0.1, 0.15) is 23.1 Å². The van der Waals surface area contributed by atoms with E-state index in [0.29, 0.717) is 16.8 Å². The third-order valence-electron chi connectivity index (χ3n) is 3.55. The Kier molecular flexibility index (Phi) is 4.63. The minimum absolute atomic E-state index is 0.102. The molecule has 26 heavy (non-hydrogen) atoms. The molecule has 0 atom stereocenters. The van der Waals surface area contributed by atoms with Gasteiger partial charge in [-0.25, -0.2) is 15.0 Å². The van der Waals surface area contributed by atoms with Crippen LogP contribution in [0.2, 0.25) is 0 Å². The van der Waals surface area contributed by atoms with Gasteiger partial charge in [0, 0.05) is 17.2 Å². The Morgan fingerprint density at radius 3 is 2.69 bits per heavy atom. The number of ether oxygens (including phenoxy) is 1. The maximum Gasteiger partial charge on any atom is 0.392 e. The summed E-state index contributed by atoms with van der Waals surface area (Å²) in [7, 11) is 0. The van der Waals surface area contributed by atoms with Gasteiger partial charge in [-0.05, 0) is 12.1 Å². The highest BCUT2D eigenvalue weighted by Gasteiger charge is 2.27. The zero-order valence-corrected chi connectivity index (χ0v) is 13.4. The summed E-state index contributed by atoms with van der Waals surface area (Å²) < 4.78 is 42.5. The Hall–Kier alpha value is -3.34. The average Bonchev–Trinajstić information content (AvgIpc) is 2.61. The number of halogens is 3. The number of nitrogens with two attached hydrogens (primary N) is 1. The average molecular weight is 358 g/mol. The molecule has 0 aliphatic carbocycles. The summed E-state index contributed by atoms with van der Waals surface area (Å²) in [4.78, 5) is 12.3. The van der Waals surface area contributed by atoms with Crippen LogP contribution in [-0.4, -0.2) is 27.7 Å². The quantitative estimate of drug-likeness (QED) is 0.722. The molecule has 2 N–H and O–H groups in total. The maximum atomic E-state index is 12.4. The normalized spacial score (nSPS) is 11.3. The molecule has 2 heterocycles. The first kappa shape index (κ1) is 17.5. The van der Waals surface area contributed by atoms with Gasteiger partial charge in [-0.2, -0.15) is 13.2 Å². The fraction of sp³-hybridized carbons (Fsp3) is 0.167. The number of terminal acetylenes is 1. The molecule has 0 bridgehead atoms. The summed E-state index contributed by atoms with van der Waals surface area (Å²) in [5, 5.41) is 0. The molecule has 0 aliphatic heterocycles. The molecule has 2 aromatic heterocycles. The smallest absolute Gasteiger partial charge is 0.392 e. The monoisotopic (exact) mass is 358 g/mol. The van der Waals surface area contributed by atoms with Crippen LogP contribution in [0.4, 0.5) is 19.0 Å². The number of benzene rings is 1. The van der Waals surface area contributed by atoms with E-state index in [1.807, 2.05) is 0 Å². The second kappa shape index (κ2) is 6.88. The van der Waals surface area contributed by atoms with Crippen LogP contribution in [0, 0.1) is 12.3 Å². The van der Waals surface area contributed by atoms with E-state index in [4.69, 9.17) is 16.9 Å². The number of hydrogen-bond acceptors (Lipinski definition) is 5. The van der Waals surface area contributed by atoms with Crippen molar-refractivity contribution in [2.75, 3.05) is 12.3 Å². The molecular weight excluding hydrogens is 345 g/mol. The lowest BCUT2D eigenvalue weighted by atomic mass is 10.1. The molecule has 0 saturated carbocycles. The van der Waals surface area contributed by atoms with Gasteiger partial charge < -0.3 is 10.5 Å². The number of alkyl halides is 3. The summed E-state index contributed by atoms with van der Waals surface area (Å²) in [5.74, 6) is 2.77. The van der Waals surface area contributed by atoms with E-state index in [9.17, 15) is 13.2 Å². The summed E-state index contributed by atoms with van der Waals surface area (Å²) in [6.07, 6.45) is 1.21. The first-order valence-electron chi connectivity index (χ1n) is 7.55. The Morgan fingerprint density at radius 1 is 1.15 bits per heavy atom. The zero-order chi connectivity index (χ0) is 18.7. The molecule has 0 fully saturated rings. The predicted octanol–water partition coefficient (Wildman–Crippen LogP) is 3.59. The van der Waals surface area contributed by atoms with Gasteiger partial charge in [0.25, 0.3) is 0 Å². The summed E-state index contributed by atoms with van der Waals surface area (Å²) in [6.45, 7) is -0.545. The molecule has 132 valence electrons. The fourth-order valence-corrected chi connectivity index (χ4v) is 2.33. The number of anilines is 1. The fourth-order valence-electron chi connectivity index (χ4n) is 2.33. The van der Waals surface area contributed by atoms with E-state index in [2.05, 4.69) is 20.9 Å². The first-order valence-corrected chi connectivity index (χ1v) is 7.55. The topological polar surface area (TPSA) is 73.9 Å². The van der Waals surface area contributed by atoms with E-state index >= 15 is 0 Å². The van der Waals surface area contributed by atoms with Crippen molar-refractivity contribution in [3.63, 3.8) is 0 Å². The zero-order valence-electron chi connectivity index (χ0n) is 13.4. The molecular formula is C18H13F3N4O. The molecule has 1 aromatic carbocycles. The van der Waals surface area contributed by atoms with Gasteiger partial charge in [-0.15, -0.1) is 6.42 Å². The Balaban J connectivity index is 2.07. The van der Waals surface area contributed by atoms with Gasteiger partial charge in [0.2, 0.25) is 0 Å². The molecule has 0 aliphatic rings. The van der Waals surface area contributed by atoms with E-state index in [-0.39, 0.29) is 22.6 Å². The Morgan fingerprint density at radius 2 is 1.96 bits per heavy atom. The number of fused-ring (bicyclic) bond motifs is 1. The molecule has 0 spiro atoms. The largest absolute Gasteiger partial charge is 0.491 e. The van der Waals surface area contributed by atoms with Crippen LogP contribution in [0.15, 0.2) is 36.7 Å². The summed E-state index contributed by atoms with van der Waals surface area (Å²) in [5.41, 5.74) is 8.09. The van der Waals surface area contributed by atoms with Crippen molar-refractivity contribution in [2.45, 2.75) is 12.6 Å². The lowest BCUT2D eigenvalue weighted by molar-refractivity contribution is -0.139. The van der Waals surface area contributed by atoms with E-state index < -0.39 is 19.2 Å².